The maximum atomic E-state index is 12.1. The molecule has 1 heterocycles. The summed E-state index contributed by atoms with van der Waals surface area (Å²) in [5, 5.41) is 3.88. The van der Waals surface area contributed by atoms with Gasteiger partial charge in [-0.1, -0.05) is 6.07 Å². The van der Waals surface area contributed by atoms with E-state index in [0.717, 1.165) is 24.9 Å². The van der Waals surface area contributed by atoms with Gasteiger partial charge in [-0.05, 0) is 79.7 Å². The lowest BCUT2D eigenvalue weighted by molar-refractivity contribution is -0.0219. The normalized spacial score (nSPS) is 31.8. The van der Waals surface area contributed by atoms with Crippen LogP contribution in [0, 0.1) is 5.41 Å². The third-order valence-corrected chi connectivity index (χ3v) is 6.74. The Balaban J connectivity index is 1.25. The first kappa shape index (κ1) is 17.0. The van der Waals surface area contributed by atoms with Crippen molar-refractivity contribution in [1.29, 1.82) is 0 Å². The van der Waals surface area contributed by atoms with E-state index >= 15 is 0 Å². The van der Waals surface area contributed by atoms with Crippen molar-refractivity contribution in [2.75, 3.05) is 5.73 Å². The largest absolute Gasteiger partial charge is 0.383 e. The van der Waals surface area contributed by atoms with Crippen LogP contribution in [0.25, 0.3) is 5.69 Å². The molecule has 6 heteroatoms. The van der Waals surface area contributed by atoms with Gasteiger partial charge in [-0.25, -0.2) is 4.79 Å². The lowest BCUT2D eigenvalue weighted by atomic mass is 9.52. The molecular weight excluding hydrogens is 338 g/mol. The molecule has 1 aromatic carbocycles. The molecular formula is C21H27N5O. The Morgan fingerprint density at radius 3 is 2.67 bits per heavy atom. The monoisotopic (exact) mass is 365 g/mol. The molecule has 0 bridgehead atoms. The van der Waals surface area contributed by atoms with Crippen LogP contribution < -0.4 is 22.5 Å². The van der Waals surface area contributed by atoms with E-state index in [-0.39, 0.29) is 11.5 Å². The van der Waals surface area contributed by atoms with Gasteiger partial charge in [0.2, 0.25) is 0 Å². The van der Waals surface area contributed by atoms with Crippen LogP contribution >= 0.6 is 0 Å². The van der Waals surface area contributed by atoms with Crippen molar-refractivity contribution in [3.05, 3.63) is 52.1 Å². The fourth-order valence-corrected chi connectivity index (χ4v) is 5.47. The van der Waals surface area contributed by atoms with Crippen LogP contribution in [0.3, 0.4) is 0 Å². The molecule has 5 N–H and O–H groups in total. The molecule has 1 aromatic heterocycles. The maximum Gasteiger partial charge on any atom is 0.354 e. The minimum atomic E-state index is -0.333. The molecule has 2 saturated carbocycles. The first-order valence-corrected chi connectivity index (χ1v) is 9.99. The van der Waals surface area contributed by atoms with Crippen LogP contribution in [0.5, 0.6) is 0 Å². The Labute approximate surface area is 159 Å². The molecule has 3 aliphatic carbocycles. The summed E-state index contributed by atoms with van der Waals surface area (Å²) in [7, 11) is 0. The van der Waals surface area contributed by atoms with Gasteiger partial charge in [0.05, 0.1) is 5.69 Å². The molecule has 1 unspecified atom stereocenters. The molecule has 0 amide bonds. The summed E-state index contributed by atoms with van der Waals surface area (Å²) >= 11 is 0. The summed E-state index contributed by atoms with van der Waals surface area (Å²) in [5.41, 5.74) is 15.4. The number of aromatic nitrogens is 2. The van der Waals surface area contributed by atoms with Crippen LogP contribution in [0.15, 0.2) is 35.3 Å². The molecule has 0 aliphatic heterocycles. The van der Waals surface area contributed by atoms with Crippen molar-refractivity contribution in [3.63, 3.8) is 0 Å². The van der Waals surface area contributed by atoms with Crippen molar-refractivity contribution < 1.29 is 0 Å². The number of nitrogens with zero attached hydrogens (tertiary/aromatic N) is 2. The van der Waals surface area contributed by atoms with E-state index in [4.69, 9.17) is 11.5 Å². The number of aryl methyl sites for hydroxylation is 1. The summed E-state index contributed by atoms with van der Waals surface area (Å²) in [6.07, 6.45) is 9.99. The fraction of sp³-hybridized carbons (Fsp3) is 0.524. The average Bonchev–Trinajstić information content (AvgIpc) is 2.58. The highest BCUT2D eigenvalue weighted by atomic mass is 16.1. The van der Waals surface area contributed by atoms with Crippen LogP contribution in [-0.4, -0.2) is 27.7 Å². The molecule has 142 valence electrons. The number of hydrogen-bond donors (Lipinski definition) is 3. The molecule has 2 fully saturated rings. The van der Waals surface area contributed by atoms with Crippen LogP contribution in [0.1, 0.15) is 43.2 Å². The molecule has 1 spiro atoms. The number of benzene rings is 1. The van der Waals surface area contributed by atoms with Crippen LogP contribution in [0.4, 0.5) is 5.82 Å². The lowest BCUT2D eigenvalue weighted by Gasteiger charge is -2.57. The Morgan fingerprint density at radius 2 is 1.93 bits per heavy atom. The van der Waals surface area contributed by atoms with E-state index in [1.54, 1.807) is 16.8 Å². The third-order valence-electron chi connectivity index (χ3n) is 6.74. The minimum absolute atomic E-state index is 0.254. The van der Waals surface area contributed by atoms with Crippen molar-refractivity contribution in [2.45, 2.75) is 63.1 Å². The van der Waals surface area contributed by atoms with Crippen LogP contribution in [-0.2, 0) is 12.8 Å². The van der Waals surface area contributed by atoms with Crippen molar-refractivity contribution in [3.8, 4) is 5.69 Å². The number of hydrogen-bond acceptors (Lipinski definition) is 5. The van der Waals surface area contributed by atoms with Gasteiger partial charge in [0.15, 0.2) is 0 Å². The molecule has 0 radical (unpaired) electrons. The Bertz CT molecular complexity index is 922. The van der Waals surface area contributed by atoms with E-state index in [0.29, 0.717) is 23.5 Å². The van der Waals surface area contributed by atoms with E-state index in [1.807, 2.05) is 6.07 Å². The highest BCUT2D eigenvalue weighted by molar-refractivity contribution is 5.43. The van der Waals surface area contributed by atoms with Crippen molar-refractivity contribution in [1.82, 2.24) is 14.9 Å². The van der Waals surface area contributed by atoms with Gasteiger partial charge < -0.3 is 16.8 Å². The zero-order valence-corrected chi connectivity index (χ0v) is 15.5. The van der Waals surface area contributed by atoms with E-state index in [2.05, 4.69) is 22.4 Å². The first-order valence-electron chi connectivity index (χ1n) is 9.99. The molecule has 3 aliphatic rings. The number of nitrogens with two attached hydrogens (primary N) is 2. The van der Waals surface area contributed by atoms with Crippen molar-refractivity contribution >= 4 is 5.82 Å². The second-order valence-corrected chi connectivity index (χ2v) is 8.84. The zero-order chi connectivity index (χ0) is 18.6. The second kappa shape index (κ2) is 6.17. The molecule has 0 saturated heterocycles. The van der Waals surface area contributed by atoms with Crippen LogP contribution in [0.2, 0.25) is 0 Å². The van der Waals surface area contributed by atoms with Gasteiger partial charge in [-0.15, -0.1) is 0 Å². The zero-order valence-electron chi connectivity index (χ0n) is 15.5. The van der Waals surface area contributed by atoms with Gasteiger partial charge in [0, 0.05) is 24.3 Å². The maximum absolute atomic E-state index is 12.1. The first-order chi connectivity index (χ1) is 13.0. The number of nitrogens with one attached hydrogen (secondary N) is 1. The molecule has 2 aromatic rings. The standard InChI is InChI=1S/C21H27N5O/c22-15-9-21(10-15)11-17(12-21)24-16-3-1-14-8-18(4-2-13(14)7-16)26-6-5-19(23)25-20(26)27/h2,4-6,8,15-17,24H,1,3,7,9-12,22H2,(H2,23,25,27). The fourth-order valence-electron chi connectivity index (χ4n) is 5.47. The number of rotatable bonds is 3. The summed E-state index contributed by atoms with van der Waals surface area (Å²) in [5.74, 6) is 0.254. The smallest absolute Gasteiger partial charge is 0.354 e. The SMILES string of the molecule is Nc1ccn(-c2ccc3c(c2)CCC(NC2CC4(CC(N)C4)C2)C3)c(=O)n1. The second-order valence-electron chi connectivity index (χ2n) is 8.84. The van der Waals surface area contributed by atoms with Gasteiger partial charge in [0.1, 0.15) is 5.82 Å². The predicted octanol–water partition coefficient (Wildman–Crippen LogP) is 1.53. The minimum Gasteiger partial charge on any atom is -0.383 e. The summed E-state index contributed by atoms with van der Waals surface area (Å²) in [4.78, 5) is 15.9. The summed E-state index contributed by atoms with van der Waals surface area (Å²) in [6.45, 7) is 0. The number of anilines is 1. The molecule has 5 rings (SSSR count). The summed E-state index contributed by atoms with van der Waals surface area (Å²) < 4.78 is 1.55. The van der Waals surface area contributed by atoms with E-state index < -0.39 is 0 Å². The van der Waals surface area contributed by atoms with Gasteiger partial charge >= 0.3 is 5.69 Å². The lowest BCUT2D eigenvalue weighted by Crippen LogP contribution is -2.60. The summed E-state index contributed by atoms with van der Waals surface area (Å²) in [6, 6.07) is 9.62. The third kappa shape index (κ3) is 3.07. The van der Waals surface area contributed by atoms with Crippen molar-refractivity contribution in [2.24, 2.45) is 11.1 Å². The molecule has 6 nitrogen and oxygen atoms in total. The van der Waals surface area contributed by atoms with Gasteiger partial charge in [0.25, 0.3) is 0 Å². The predicted molar refractivity (Wildman–Crippen MR) is 106 cm³/mol. The quantitative estimate of drug-likeness (QED) is 0.766. The molecule has 27 heavy (non-hydrogen) atoms. The highest BCUT2D eigenvalue weighted by Crippen LogP contribution is 2.55. The Kier molecular flexibility index (Phi) is 3.88. The van der Waals surface area contributed by atoms with E-state index in [9.17, 15) is 4.79 Å². The average molecular weight is 365 g/mol. The topological polar surface area (TPSA) is 99.0 Å². The van der Waals surface area contributed by atoms with E-state index in [1.165, 1.54) is 36.8 Å². The van der Waals surface area contributed by atoms with Gasteiger partial charge in [-0.3, -0.25) is 4.57 Å². The molecule has 1 atom stereocenters. The Hall–Kier alpha value is -2.18. The highest BCUT2D eigenvalue weighted by Gasteiger charge is 2.51. The number of nitrogen functional groups attached to an aromatic ring is 1. The number of fused-ring (bicyclic) bond motifs is 1. The Morgan fingerprint density at radius 1 is 1.11 bits per heavy atom. The van der Waals surface area contributed by atoms with Gasteiger partial charge in [-0.2, -0.15) is 4.98 Å².